The number of aromatic nitrogens is 2. The van der Waals surface area contributed by atoms with E-state index in [-0.39, 0.29) is 14.8 Å². The van der Waals surface area contributed by atoms with E-state index in [2.05, 4.69) is 10.2 Å². The zero-order chi connectivity index (χ0) is 13.4. The SMILES string of the molecule is CS(=O)(=O)c1cccc(S(=O)(=O)c2ccn[nH]2)c1. The standard InChI is InChI=1S/C10H10N2O4S2/c1-17(13,14)8-3-2-4-9(7-8)18(15,16)10-5-6-11-12-10/h2-7H,1H3,(H,11,12). The molecule has 0 aliphatic carbocycles. The number of sulfone groups is 2. The van der Waals surface area contributed by atoms with E-state index in [1.807, 2.05) is 0 Å². The van der Waals surface area contributed by atoms with Gasteiger partial charge in [-0.2, -0.15) is 5.10 Å². The maximum Gasteiger partial charge on any atom is 0.223 e. The van der Waals surface area contributed by atoms with Crippen LogP contribution in [0.3, 0.4) is 0 Å². The summed E-state index contributed by atoms with van der Waals surface area (Å²) in [5.41, 5.74) is 0. The normalized spacial score (nSPS) is 12.5. The summed E-state index contributed by atoms with van der Waals surface area (Å²) in [5, 5.41) is 5.83. The molecule has 0 unspecified atom stereocenters. The first-order valence-corrected chi connectivity index (χ1v) is 8.24. The van der Waals surface area contributed by atoms with E-state index in [0.717, 1.165) is 12.3 Å². The van der Waals surface area contributed by atoms with E-state index in [0.29, 0.717) is 0 Å². The Labute approximate surface area is 105 Å². The van der Waals surface area contributed by atoms with Crippen molar-refractivity contribution in [3.63, 3.8) is 0 Å². The summed E-state index contributed by atoms with van der Waals surface area (Å²) in [4.78, 5) is -0.127. The van der Waals surface area contributed by atoms with Gasteiger partial charge >= 0.3 is 0 Å². The molecule has 0 bridgehead atoms. The molecule has 0 fully saturated rings. The number of nitrogens with one attached hydrogen (secondary N) is 1. The van der Waals surface area contributed by atoms with Crippen molar-refractivity contribution in [2.45, 2.75) is 14.8 Å². The third-order valence-corrected chi connectivity index (χ3v) is 5.10. The lowest BCUT2D eigenvalue weighted by atomic mass is 10.4. The Morgan fingerprint density at radius 1 is 1.06 bits per heavy atom. The molecular formula is C10H10N2O4S2. The van der Waals surface area contributed by atoms with Gasteiger partial charge in [0, 0.05) is 6.26 Å². The quantitative estimate of drug-likeness (QED) is 0.893. The molecule has 1 N–H and O–H groups in total. The van der Waals surface area contributed by atoms with Gasteiger partial charge in [0.25, 0.3) is 0 Å². The molecule has 96 valence electrons. The Hall–Kier alpha value is -1.67. The van der Waals surface area contributed by atoms with Crippen molar-refractivity contribution in [3.8, 4) is 0 Å². The second kappa shape index (κ2) is 4.21. The number of rotatable bonds is 3. The maximum atomic E-state index is 12.1. The molecule has 2 aromatic rings. The molecule has 1 aromatic heterocycles. The van der Waals surface area contributed by atoms with Gasteiger partial charge in [0.05, 0.1) is 16.0 Å². The van der Waals surface area contributed by atoms with Crippen LogP contribution in [0, 0.1) is 0 Å². The van der Waals surface area contributed by atoms with Crippen LogP contribution in [0.4, 0.5) is 0 Å². The van der Waals surface area contributed by atoms with Crippen molar-refractivity contribution in [2.24, 2.45) is 0 Å². The molecule has 0 aliphatic rings. The number of H-pyrrole nitrogens is 1. The number of hydrogen-bond donors (Lipinski definition) is 1. The molecule has 6 nitrogen and oxygen atoms in total. The Balaban J connectivity index is 2.61. The molecule has 0 saturated carbocycles. The minimum atomic E-state index is -3.76. The molecule has 0 atom stereocenters. The van der Waals surface area contributed by atoms with Crippen molar-refractivity contribution in [2.75, 3.05) is 6.26 Å². The minimum Gasteiger partial charge on any atom is -0.267 e. The first kappa shape index (κ1) is 12.8. The van der Waals surface area contributed by atoms with E-state index in [1.165, 1.54) is 30.5 Å². The number of hydrogen-bond acceptors (Lipinski definition) is 5. The second-order valence-corrected chi connectivity index (χ2v) is 7.61. The van der Waals surface area contributed by atoms with Crippen molar-refractivity contribution in [1.29, 1.82) is 0 Å². The lowest BCUT2D eigenvalue weighted by Crippen LogP contribution is -2.05. The second-order valence-electron chi connectivity index (χ2n) is 3.67. The maximum absolute atomic E-state index is 12.1. The molecule has 0 radical (unpaired) electrons. The van der Waals surface area contributed by atoms with Gasteiger partial charge in [-0.15, -0.1) is 0 Å². The van der Waals surface area contributed by atoms with Crippen LogP contribution < -0.4 is 0 Å². The Morgan fingerprint density at radius 3 is 2.28 bits per heavy atom. The van der Waals surface area contributed by atoms with E-state index in [4.69, 9.17) is 0 Å². The molecule has 0 amide bonds. The average molecular weight is 286 g/mol. The van der Waals surface area contributed by atoms with E-state index in [9.17, 15) is 16.8 Å². The largest absolute Gasteiger partial charge is 0.267 e. The monoisotopic (exact) mass is 286 g/mol. The van der Waals surface area contributed by atoms with Gasteiger partial charge < -0.3 is 0 Å². The van der Waals surface area contributed by atoms with Crippen LogP contribution in [0.5, 0.6) is 0 Å². The lowest BCUT2D eigenvalue weighted by molar-refractivity contribution is 0.591. The molecule has 1 heterocycles. The summed E-state index contributed by atoms with van der Waals surface area (Å²) in [7, 11) is -7.21. The first-order chi connectivity index (χ1) is 8.32. The minimum absolute atomic E-state index is 0.0388. The molecule has 2 rings (SSSR count). The molecule has 0 spiro atoms. The summed E-state index contributed by atoms with van der Waals surface area (Å²) in [6.07, 6.45) is 2.34. The fourth-order valence-electron chi connectivity index (χ4n) is 1.39. The number of nitrogens with zero attached hydrogens (tertiary/aromatic N) is 1. The summed E-state index contributed by atoms with van der Waals surface area (Å²) < 4.78 is 47.0. The topological polar surface area (TPSA) is 97.0 Å². The van der Waals surface area contributed by atoms with Gasteiger partial charge in [0.2, 0.25) is 9.84 Å². The summed E-state index contributed by atoms with van der Waals surface area (Å²) in [5.74, 6) is 0. The van der Waals surface area contributed by atoms with Crippen LogP contribution in [-0.4, -0.2) is 33.3 Å². The van der Waals surface area contributed by atoms with Crippen molar-refractivity contribution < 1.29 is 16.8 Å². The van der Waals surface area contributed by atoms with Crippen LogP contribution in [0.25, 0.3) is 0 Å². The van der Waals surface area contributed by atoms with Crippen molar-refractivity contribution in [3.05, 3.63) is 36.5 Å². The Bertz CT molecular complexity index is 762. The van der Waals surface area contributed by atoms with Gasteiger partial charge in [-0.25, -0.2) is 16.8 Å². The Morgan fingerprint density at radius 2 is 1.72 bits per heavy atom. The van der Waals surface area contributed by atoms with E-state index < -0.39 is 19.7 Å². The molecular weight excluding hydrogens is 276 g/mol. The first-order valence-electron chi connectivity index (χ1n) is 4.86. The summed E-state index contributed by atoms with van der Waals surface area (Å²) >= 11 is 0. The summed E-state index contributed by atoms with van der Waals surface area (Å²) in [6, 6.07) is 6.51. The molecule has 0 saturated heterocycles. The van der Waals surface area contributed by atoms with Crippen LogP contribution in [-0.2, 0) is 19.7 Å². The predicted molar refractivity (Wildman–Crippen MR) is 63.6 cm³/mol. The van der Waals surface area contributed by atoms with E-state index in [1.54, 1.807) is 0 Å². The van der Waals surface area contributed by atoms with Gasteiger partial charge in [0.15, 0.2) is 14.9 Å². The highest BCUT2D eigenvalue weighted by atomic mass is 32.2. The third-order valence-electron chi connectivity index (χ3n) is 2.31. The zero-order valence-corrected chi connectivity index (χ0v) is 11.0. The van der Waals surface area contributed by atoms with Crippen LogP contribution >= 0.6 is 0 Å². The molecule has 1 aromatic carbocycles. The smallest absolute Gasteiger partial charge is 0.223 e. The highest BCUT2D eigenvalue weighted by molar-refractivity contribution is 7.92. The predicted octanol–water partition coefficient (Wildman–Crippen LogP) is 0.646. The number of benzene rings is 1. The fraction of sp³-hybridized carbons (Fsp3) is 0.100. The van der Waals surface area contributed by atoms with Gasteiger partial charge in [-0.05, 0) is 24.3 Å². The van der Waals surface area contributed by atoms with Gasteiger partial charge in [-0.1, -0.05) is 6.07 Å². The molecule has 18 heavy (non-hydrogen) atoms. The summed E-state index contributed by atoms with van der Waals surface area (Å²) in [6.45, 7) is 0. The van der Waals surface area contributed by atoms with Gasteiger partial charge in [0.1, 0.15) is 0 Å². The number of aromatic amines is 1. The fourth-order valence-corrected chi connectivity index (χ4v) is 3.34. The van der Waals surface area contributed by atoms with Gasteiger partial charge in [-0.3, -0.25) is 5.10 Å². The van der Waals surface area contributed by atoms with Crippen molar-refractivity contribution in [1.82, 2.24) is 10.2 Å². The average Bonchev–Trinajstić information content (AvgIpc) is 2.82. The van der Waals surface area contributed by atoms with Crippen molar-refractivity contribution >= 4 is 19.7 Å². The third kappa shape index (κ3) is 2.29. The van der Waals surface area contributed by atoms with Crippen LogP contribution in [0.2, 0.25) is 0 Å². The highest BCUT2D eigenvalue weighted by Crippen LogP contribution is 2.21. The Kier molecular flexibility index (Phi) is 2.99. The molecule has 8 heteroatoms. The van der Waals surface area contributed by atoms with Crippen LogP contribution in [0.1, 0.15) is 0 Å². The van der Waals surface area contributed by atoms with E-state index >= 15 is 0 Å². The zero-order valence-electron chi connectivity index (χ0n) is 9.36. The highest BCUT2D eigenvalue weighted by Gasteiger charge is 2.20. The molecule has 0 aliphatic heterocycles. The van der Waals surface area contributed by atoms with Crippen LogP contribution in [0.15, 0.2) is 51.3 Å². The lowest BCUT2D eigenvalue weighted by Gasteiger charge is -2.04.